The van der Waals surface area contributed by atoms with Crippen molar-refractivity contribution < 1.29 is 9.94 Å². The Hall–Kier alpha value is -0.160. The van der Waals surface area contributed by atoms with Gasteiger partial charge >= 0.3 is 0 Å². The molecule has 0 amide bonds. The smallest absolute Gasteiger partial charge is 0.118 e. The number of hydrogen-bond donors (Lipinski definition) is 3. The second kappa shape index (κ2) is 2.41. The van der Waals surface area contributed by atoms with Gasteiger partial charge in [-0.15, -0.1) is 0 Å². The quantitative estimate of drug-likeness (QED) is 0.356. The van der Waals surface area contributed by atoms with Crippen LogP contribution in [0.4, 0.5) is 0 Å². The van der Waals surface area contributed by atoms with E-state index >= 15 is 0 Å². The highest BCUT2D eigenvalue weighted by Crippen LogP contribution is 2.00. The molecule has 2 atom stereocenters. The average Bonchev–Trinajstić information content (AvgIpc) is 2.14. The summed E-state index contributed by atoms with van der Waals surface area (Å²) in [5.74, 6) is 4.82. The van der Waals surface area contributed by atoms with Crippen molar-refractivity contribution in [1.82, 2.24) is 5.32 Å². The third-order valence-electron chi connectivity index (χ3n) is 1.30. The minimum atomic E-state index is -0.431. The molecule has 0 aliphatic carbocycles. The van der Waals surface area contributed by atoms with Gasteiger partial charge in [0.2, 0.25) is 0 Å². The second-order valence-corrected chi connectivity index (χ2v) is 1.90. The van der Waals surface area contributed by atoms with E-state index in [9.17, 15) is 0 Å². The molecule has 8 heavy (non-hydrogen) atoms. The third kappa shape index (κ3) is 0.976. The van der Waals surface area contributed by atoms with Crippen molar-refractivity contribution >= 4 is 0 Å². The van der Waals surface area contributed by atoms with E-state index in [-0.39, 0.29) is 6.10 Å². The lowest BCUT2D eigenvalue weighted by atomic mass is 10.3. The van der Waals surface area contributed by atoms with Gasteiger partial charge < -0.3 is 10.4 Å². The Labute approximate surface area is 47.6 Å². The zero-order chi connectivity index (χ0) is 5.98. The van der Waals surface area contributed by atoms with Gasteiger partial charge in [0.1, 0.15) is 6.10 Å². The van der Waals surface area contributed by atoms with Crippen molar-refractivity contribution in [3.05, 3.63) is 0 Å². The van der Waals surface area contributed by atoms with E-state index in [0.29, 0.717) is 13.1 Å². The fraction of sp³-hybridized carbons (Fsp3) is 1.00. The van der Waals surface area contributed by atoms with Gasteiger partial charge in [-0.2, -0.15) is 0 Å². The molecule has 0 aromatic heterocycles. The highest BCUT2D eigenvalue weighted by Gasteiger charge is 2.24. The first-order valence-corrected chi connectivity index (χ1v) is 2.59. The molecule has 4 heteroatoms. The highest BCUT2D eigenvalue weighted by atomic mass is 16.6. The normalized spacial score (nSPS) is 38.2. The third-order valence-corrected chi connectivity index (χ3v) is 1.30. The van der Waals surface area contributed by atoms with E-state index < -0.39 is 6.10 Å². The molecule has 1 aliphatic heterocycles. The van der Waals surface area contributed by atoms with Crippen LogP contribution in [-0.2, 0) is 4.84 Å². The van der Waals surface area contributed by atoms with Crippen molar-refractivity contribution in [1.29, 1.82) is 0 Å². The molecule has 0 aromatic carbocycles. The minimum Gasteiger partial charge on any atom is -0.389 e. The first-order chi connectivity index (χ1) is 3.84. The minimum absolute atomic E-state index is 0.213. The maximum Gasteiger partial charge on any atom is 0.118 e. The second-order valence-electron chi connectivity index (χ2n) is 1.90. The van der Waals surface area contributed by atoms with E-state index in [1.165, 1.54) is 0 Å². The van der Waals surface area contributed by atoms with Gasteiger partial charge in [-0.3, -0.25) is 4.84 Å². The fourth-order valence-corrected chi connectivity index (χ4v) is 0.780. The summed E-state index contributed by atoms with van der Waals surface area (Å²) >= 11 is 0. The lowest BCUT2D eigenvalue weighted by Gasteiger charge is -2.07. The zero-order valence-corrected chi connectivity index (χ0v) is 4.50. The Kier molecular flexibility index (Phi) is 1.80. The highest BCUT2D eigenvalue weighted by molar-refractivity contribution is 4.80. The van der Waals surface area contributed by atoms with Gasteiger partial charge in [-0.05, 0) is 0 Å². The molecule has 0 bridgehead atoms. The maximum atomic E-state index is 8.92. The molecule has 0 saturated carbocycles. The van der Waals surface area contributed by atoms with Crippen LogP contribution in [0.5, 0.6) is 0 Å². The fourth-order valence-electron chi connectivity index (χ4n) is 0.780. The molecule has 1 heterocycles. The largest absolute Gasteiger partial charge is 0.389 e. The predicted molar refractivity (Wildman–Crippen MR) is 27.9 cm³/mol. The molecule has 0 spiro atoms. The van der Waals surface area contributed by atoms with Gasteiger partial charge in [0.25, 0.3) is 0 Å². The van der Waals surface area contributed by atoms with Crippen LogP contribution < -0.4 is 11.2 Å². The predicted octanol–water partition coefficient (Wildman–Crippen LogP) is -1.79. The molecular weight excluding hydrogens is 108 g/mol. The molecule has 1 saturated heterocycles. The molecule has 48 valence electrons. The van der Waals surface area contributed by atoms with E-state index in [1.807, 2.05) is 0 Å². The van der Waals surface area contributed by atoms with Gasteiger partial charge in [0, 0.05) is 13.1 Å². The number of nitrogens with two attached hydrogens (primary N) is 1. The molecule has 1 fully saturated rings. The van der Waals surface area contributed by atoms with Gasteiger partial charge in [0.15, 0.2) is 0 Å². The number of aliphatic hydroxyl groups is 1. The van der Waals surface area contributed by atoms with E-state index in [0.717, 1.165) is 0 Å². The van der Waals surface area contributed by atoms with Crippen LogP contribution in [0, 0.1) is 0 Å². The number of rotatable bonds is 1. The summed E-state index contributed by atoms with van der Waals surface area (Å²) in [6, 6.07) is 0. The van der Waals surface area contributed by atoms with Crippen LogP contribution in [-0.4, -0.2) is 30.4 Å². The number of nitrogens with one attached hydrogen (secondary N) is 1. The molecule has 0 radical (unpaired) electrons. The van der Waals surface area contributed by atoms with Crippen LogP contribution in [0.15, 0.2) is 0 Å². The molecule has 1 rings (SSSR count). The summed E-state index contributed by atoms with van der Waals surface area (Å²) in [6.07, 6.45) is -0.644. The molecule has 4 N–H and O–H groups in total. The van der Waals surface area contributed by atoms with E-state index in [2.05, 4.69) is 10.2 Å². The molecule has 0 unspecified atom stereocenters. The number of hydrogen-bond acceptors (Lipinski definition) is 4. The van der Waals surface area contributed by atoms with Gasteiger partial charge in [-0.1, -0.05) is 0 Å². The van der Waals surface area contributed by atoms with Crippen molar-refractivity contribution in [3.63, 3.8) is 0 Å². The molecule has 1 aliphatic rings. The van der Waals surface area contributed by atoms with Gasteiger partial charge in [-0.25, -0.2) is 5.90 Å². The summed E-state index contributed by atoms with van der Waals surface area (Å²) in [7, 11) is 0. The first-order valence-electron chi connectivity index (χ1n) is 2.59. The average molecular weight is 118 g/mol. The van der Waals surface area contributed by atoms with Crippen molar-refractivity contribution in [2.24, 2.45) is 5.90 Å². The summed E-state index contributed by atoms with van der Waals surface area (Å²) < 4.78 is 0. The molecule has 0 aromatic rings. The summed E-state index contributed by atoms with van der Waals surface area (Å²) in [5.41, 5.74) is 0. The Balaban J connectivity index is 2.30. The van der Waals surface area contributed by atoms with Crippen LogP contribution in [0.2, 0.25) is 0 Å². The van der Waals surface area contributed by atoms with Crippen LogP contribution in [0.25, 0.3) is 0 Å². The SMILES string of the molecule is NO[C@@H]1CNC[C@@H]1O. The van der Waals surface area contributed by atoms with Gasteiger partial charge in [0.05, 0.1) is 6.10 Å². The molecule has 4 nitrogen and oxygen atoms in total. The Morgan fingerprint density at radius 2 is 2.38 bits per heavy atom. The Morgan fingerprint density at radius 1 is 1.62 bits per heavy atom. The monoisotopic (exact) mass is 118 g/mol. The number of aliphatic hydroxyl groups excluding tert-OH is 1. The van der Waals surface area contributed by atoms with Crippen molar-refractivity contribution in [2.45, 2.75) is 12.2 Å². The van der Waals surface area contributed by atoms with Crippen LogP contribution in [0.1, 0.15) is 0 Å². The summed E-state index contributed by atoms with van der Waals surface area (Å²) in [4.78, 5) is 4.41. The first kappa shape index (κ1) is 5.97. The van der Waals surface area contributed by atoms with Crippen molar-refractivity contribution in [3.8, 4) is 0 Å². The maximum absolute atomic E-state index is 8.92. The lowest BCUT2D eigenvalue weighted by Crippen LogP contribution is -2.29. The standard InChI is InChI=1S/C4H10N2O2/c5-8-4-2-6-1-3(4)7/h3-4,6-7H,1-2,5H2/t3-,4+/m0/s1. The topological polar surface area (TPSA) is 67.5 Å². The van der Waals surface area contributed by atoms with Crippen LogP contribution >= 0.6 is 0 Å². The van der Waals surface area contributed by atoms with Crippen LogP contribution in [0.3, 0.4) is 0 Å². The number of β-amino-alcohol motifs (C(OH)–C–C–N with tert-alkyl or cyclic N) is 1. The Morgan fingerprint density at radius 3 is 2.62 bits per heavy atom. The van der Waals surface area contributed by atoms with E-state index in [4.69, 9.17) is 11.0 Å². The lowest BCUT2D eigenvalue weighted by molar-refractivity contribution is -0.00892. The summed E-state index contributed by atoms with van der Waals surface area (Å²) in [6.45, 7) is 1.24. The van der Waals surface area contributed by atoms with Crippen molar-refractivity contribution in [2.75, 3.05) is 13.1 Å². The van der Waals surface area contributed by atoms with E-state index in [1.54, 1.807) is 0 Å². The zero-order valence-electron chi connectivity index (χ0n) is 4.50. The Bertz CT molecular complexity index is 78.4. The summed E-state index contributed by atoms with van der Waals surface area (Å²) in [5, 5.41) is 11.8. The molecular formula is C4H10N2O2.